The second-order valence-electron chi connectivity index (χ2n) is 2.97. The monoisotopic (exact) mass is 147 g/mol. The molecule has 1 aliphatic carbocycles. The van der Waals surface area contributed by atoms with Gasteiger partial charge in [0.15, 0.2) is 0 Å². The number of pyridine rings is 1. The lowest BCUT2D eigenvalue weighted by Gasteiger charge is -2.01. The van der Waals surface area contributed by atoms with Gasteiger partial charge in [-0.25, -0.2) is 4.98 Å². The van der Waals surface area contributed by atoms with Crippen LogP contribution in [0.5, 0.6) is 0 Å². The Labute approximate surface area is 66.7 Å². The molecule has 0 spiro atoms. The van der Waals surface area contributed by atoms with E-state index in [-0.39, 0.29) is 0 Å². The highest BCUT2D eigenvalue weighted by Crippen LogP contribution is 2.28. The predicted octanol–water partition coefficient (Wildman–Crippen LogP) is 1.70. The zero-order chi connectivity index (χ0) is 7.52. The van der Waals surface area contributed by atoms with Crippen LogP contribution >= 0.6 is 0 Å². The summed E-state index contributed by atoms with van der Waals surface area (Å²) in [5.41, 5.74) is 0. The zero-order valence-electron chi connectivity index (χ0n) is 6.38. The molecular formula is C9H11N2. The van der Waals surface area contributed by atoms with E-state index in [1.54, 1.807) is 6.20 Å². The molecule has 1 aromatic heterocycles. The molecule has 1 N–H and O–H groups in total. The van der Waals surface area contributed by atoms with Crippen LogP contribution in [0.3, 0.4) is 0 Å². The molecule has 0 aromatic carbocycles. The third kappa shape index (κ3) is 1.93. The maximum Gasteiger partial charge on any atom is 0.126 e. The number of hydrogen-bond donors (Lipinski definition) is 1. The van der Waals surface area contributed by atoms with E-state index in [2.05, 4.69) is 16.4 Å². The van der Waals surface area contributed by atoms with Gasteiger partial charge in [-0.05, 0) is 37.0 Å². The summed E-state index contributed by atoms with van der Waals surface area (Å²) in [5, 5.41) is 3.26. The van der Waals surface area contributed by atoms with Gasteiger partial charge in [-0.2, -0.15) is 0 Å². The van der Waals surface area contributed by atoms with Crippen LogP contribution in [0.25, 0.3) is 0 Å². The Morgan fingerprint density at radius 3 is 3.18 bits per heavy atom. The third-order valence-electron chi connectivity index (χ3n) is 1.87. The van der Waals surface area contributed by atoms with Crippen molar-refractivity contribution in [2.75, 3.05) is 11.9 Å². The van der Waals surface area contributed by atoms with Gasteiger partial charge in [0.25, 0.3) is 0 Å². The Balaban J connectivity index is 1.85. The van der Waals surface area contributed by atoms with E-state index in [9.17, 15) is 0 Å². The lowest BCUT2D eigenvalue weighted by Crippen LogP contribution is -2.03. The van der Waals surface area contributed by atoms with Gasteiger partial charge in [-0.15, -0.1) is 0 Å². The summed E-state index contributed by atoms with van der Waals surface area (Å²) in [6, 6.07) is 6.67. The lowest BCUT2D eigenvalue weighted by molar-refractivity contribution is 0.883. The van der Waals surface area contributed by atoms with Crippen LogP contribution in [0.15, 0.2) is 18.3 Å². The maximum atomic E-state index is 4.14. The first kappa shape index (κ1) is 6.65. The highest BCUT2D eigenvalue weighted by atomic mass is 15.0. The van der Waals surface area contributed by atoms with Gasteiger partial charge in [0.05, 0.1) is 0 Å². The predicted molar refractivity (Wildman–Crippen MR) is 44.3 cm³/mol. The van der Waals surface area contributed by atoms with Crippen molar-refractivity contribution in [2.24, 2.45) is 5.92 Å². The minimum atomic E-state index is 0.900. The molecule has 1 radical (unpaired) electrons. The van der Waals surface area contributed by atoms with E-state index in [4.69, 9.17) is 0 Å². The molecule has 1 saturated carbocycles. The molecule has 2 rings (SSSR count). The van der Waals surface area contributed by atoms with Crippen LogP contribution in [0.4, 0.5) is 5.82 Å². The molecule has 1 aliphatic rings. The third-order valence-corrected chi connectivity index (χ3v) is 1.87. The SMILES string of the molecule is [c]1ccnc(NCC2CC2)c1. The number of anilines is 1. The summed E-state index contributed by atoms with van der Waals surface area (Å²) in [6.07, 6.45) is 4.52. The molecule has 1 aromatic rings. The van der Waals surface area contributed by atoms with Crippen molar-refractivity contribution in [2.45, 2.75) is 12.8 Å². The fraction of sp³-hybridized carbons (Fsp3) is 0.444. The Morgan fingerprint density at radius 1 is 1.64 bits per heavy atom. The van der Waals surface area contributed by atoms with Crippen LogP contribution in [-0.4, -0.2) is 11.5 Å². The van der Waals surface area contributed by atoms with Gasteiger partial charge in [0.2, 0.25) is 0 Å². The van der Waals surface area contributed by atoms with E-state index in [0.717, 1.165) is 18.3 Å². The molecule has 1 fully saturated rings. The molecule has 57 valence electrons. The minimum absolute atomic E-state index is 0.900. The second kappa shape index (κ2) is 2.91. The molecule has 2 heteroatoms. The van der Waals surface area contributed by atoms with Gasteiger partial charge in [-0.1, -0.05) is 0 Å². The molecule has 0 bridgehead atoms. The van der Waals surface area contributed by atoms with Gasteiger partial charge >= 0.3 is 0 Å². The van der Waals surface area contributed by atoms with Crippen molar-refractivity contribution in [1.29, 1.82) is 0 Å². The lowest BCUT2D eigenvalue weighted by atomic mass is 10.4. The Bertz CT molecular complexity index is 216. The average molecular weight is 147 g/mol. The molecular weight excluding hydrogens is 136 g/mol. The highest BCUT2D eigenvalue weighted by Gasteiger charge is 2.20. The van der Waals surface area contributed by atoms with E-state index >= 15 is 0 Å². The first-order valence-electron chi connectivity index (χ1n) is 4.01. The minimum Gasteiger partial charge on any atom is -0.370 e. The molecule has 11 heavy (non-hydrogen) atoms. The number of hydrogen-bond acceptors (Lipinski definition) is 2. The van der Waals surface area contributed by atoms with Crippen LogP contribution in [-0.2, 0) is 0 Å². The molecule has 2 nitrogen and oxygen atoms in total. The smallest absolute Gasteiger partial charge is 0.126 e. The maximum absolute atomic E-state index is 4.14. The topological polar surface area (TPSA) is 24.9 Å². The summed E-state index contributed by atoms with van der Waals surface area (Å²) in [7, 11) is 0. The van der Waals surface area contributed by atoms with Crippen molar-refractivity contribution < 1.29 is 0 Å². The molecule has 1 heterocycles. The van der Waals surface area contributed by atoms with Crippen molar-refractivity contribution in [3.63, 3.8) is 0 Å². The van der Waals surface area contributed by atoms with E-state index < -0.39 is 0 Å². The normalized spacial score (nSPS) is 16.4. The quantitative estimate of drug-likeness (QED) is 0.704. The number of rotatable bonds is 3. The highest BCUT2D eigenvalue weighted by molar-refractivity contribution is 5.32. The Hall–Kier alpha value is -1.05. The van der Waals surface area contributed by atoms with Crippen molar-refractivity contribution in [1.82, 2.24) is 4.98 Å². The zero-order valence-corrected chi connectivity index (χ0v) is 6.38. The van der Waals surface area contributed by atoms with Gasteiger partial charge in [0, 0.05) is 12.7 Å². The first-order valence-corrected chi connectivity index (χ1v) is 4.01. The molecule has 0 aliphatic heterocycles. The van der Waals surface area contributed by atoms with Crippen LogP contribution in [0.2, 0.25) is 0 Å². The van der Waals surface area contributed by atoms with Gasteiger partial charge in [-0.3, -0.25) is 0 Å². The fourth-order valence-corrected chi connectivity index (χ4v) is 0.992. The van der Waals surface area contributed by atoms with Crippen LogP contribution in [0.1, 0.15) is 12.8 Å². The molecule has 0 saturated heterocycles. The van der Waals surface area contributed by atoms with E-state index in [1.807, 2.05) is 12.1 Å². The molecule has 0 unspecified atom stereocenters. The van der Waals surface area contributed by atoms with Crippen molar-refractivity contribution in [3.05, 3.63) is 24.4 Å². The van der Waals surface area contributed by atoms with Gasteiger partial charge in [0.1, 0.15) is 5.82 Å². The van der Waals surface area contributed by atoms with Crippen LogP contribution in [0, 0.1) is 12.0 Å². The summed E-state index contributed by atoms with van der Waals surface area (Å²) in [6.45, 7) is 1.07. The fourth-order valence-electron chi connectivity index (χ4n) is 0.992. The molecule has 0 atom stereocenters. The summed E-state index contributed by atoms with van der Waals surface area (Å²) in [5.74, 6) is 1.84. The first-order chi connectivity index (χ1) is 5.45. The number of nitrogens with one attached hydrogen (secondary N) is 1. The number of nitrogens with zero attached hydrogens (tertiary/aromatic N) is 1. The number of aromatic nitrogens is 1. The standard InChI is InChI=1S/C9H11N2/c1-2-6-10-9(3-1)11-7-8-4-5-8/h2-3,6,8H,4-5,7H2,(H,10,11). The van der Waals surface area contributed by atoms with Crippen LogP contribution < -0.4 is 5.32 Å². The summed E-state index contributed by atoms with van der Waals surface area (Å²) >= 11 is 0. The summed E-state index contributed by atoms with van der Waals surface area (Å²) in [4.78, 5) is 4.14. The Kier molecular flexibility index (Phi) is 1.76. The van der Waals surface area contributed by atoms with Gasteiger partial charge < -0.3 is 5.32 Å². The average Bonchev–Trinajstić information content (AvgIpc) is 2.86. The summed E-state index contributed by atoms with van der Waals surface area (Å²) < 4.78 is 0. The van der Waals surface area contributed by atoms with E-state index in [1.165, 1.54) is 12.8 Å². The van der Waals surface area contributed by atoms with Crippen molar-refractivity contribution >= 4 is 5.82 Å². The Morgan fingerprint density at radius 2 is 2.55 bits per heavy atom. The largest absolute Gasteiger partial charge is 0.370 e. The van der Waals surface area contributed by atoms with Crippen molar-refractivity contribution in [3.8, 4) is 0 Å². The second-order valence-corrected chi connectivity index (χ2v) is 2.97. The molecule has 0 amide bonds. The van der Waals surface area contributed by atoms with E-state index in [0.29, 0.717) is 0 Å².